The number of para-hydroxylation sites is 1. The first-order valence-electron chi connectivity index (χ1n) is 5.23. The number of methoxy groups -OCH3 is 1. The Morgan fingerprint density at radius 2 is 1.68 bits per heavy atom. The summed E-state index contributed by atoms with van der Waals surface area (Å²) >= 11 is 0. The van der Waals surface area contributed by atoms with Gasteiger partial charge in [-0.1, -0.05) is 18.2 Å². The predicted octanol–water partition coefficient (Wildman–Crippen LogP) is 3.68. The Bertz CT molecular complexity index is 525. The molecule has 0 aliphatic heterocycles. The minimum Gasteiger partial charge on any atom is -0.496 e. The Balaban J connectivity index is 2.15. The van der Waals surface area contributed by atoms with Gasteiger partial charge in [0.25, 0.3) is 0 Å². The average Bonchev–Trinajstić information content (AvgIpc) is 2.38. The molecule has 1 aliphatic carbocycles. The van der Waals surface area contributed by atoms with Crippen molar-refractivity contribution in [1.82, 2.24) is 0 Å². The van der Waals surface area contributed by atoms with Gasteiger partial charge in [0.1, 0.15) is 12.4 Å². The van der Waals surface area contributed by atoms with Crippen molar-refractivity contribution in [2.24, 2.45) is 0 Å². The second-order valence-electron chi connectivity index (χ2n) is 3.89. The number of allylic oxidation sites excluding steroid dienone is 2. The molecule has 0 aromatic heterocycles. The molecule has 0 N–H and O–H groups in total. The van der Waals surface area contributed by atoms with E-state index >= 15 is 0 Å². The second kappa shape index (κ2) is 4.40. The normalized spacial score (nSPS) is 19.9. The van der Waals surface area contributed by atoms with Crippen LogP contribution in [-0.4, -0.2) is 19.0 Å². The summed E-state index contributed by atoms with van der Waals surface area (Å²) in [5.74, 6) is -12.9. The van der Waals surface area contributed by atoms with Crippen LogP contribution in [0.4, 0.5) is 22.0 Å². The van der Waals surface area contributed by atoms with Gasteiger partial charge in [-0.2, -0.15) is 17.6 Å². The van der Waals surface area contributed by atoms with E-state index in [2.05, 4.69) is 4.74 Å². The lowest BCUT2D eigenvalue weighted by atomic mass is 9.96. The lowest BCUT2D eigenvalue weighted by Crippen LogP contribution is -2.53. The minimum absolute atomic E-state index is 0.331. The van der Waals surface area contributed by atoms with Crippen LogP contribution < -0.4 is 4.74 Å². The Hall–Kier alpha value is -1.79. The minimum atomic E-state index is -4.79. The lowest BCUT2D eigenvalue weighted by Gasteiger charge is -2.35. The molecule has 0 bridgehead atoms. The van der Waals surface area contributed by atoms with E-state index in [1.165, 1.54) is 19.2 Å². The number of alkyl halides is 4. The van der Waals surface area contributed by atoms with Crippen LogP contribution in [0.5, 0.6) is 5.75 Å². The third-order valence-corrected chi connectivity index (χ3v) is 2.72. The maximum atomic E-state index is 12.9. The molecule has 0 fully saturated rings. The largest absolute Gasteiger partial charge is 0.496 e. The molecule has 0 saturated heterocycles. The standard InChI is InChI=1S/C12H9F5O2/c1-18-8-5-3-2-4-7(8)6-19-10-9(13)11(14,15)12(10,16)17/h2-5H,6H2,1H3. The molecule has 0 saturated carbocycles. The van der Waals surface area contributed by atoms with E-state index in [1.807, 2.05) is 0 Å². The summed E-state index contributed by atoms with van der Waals surface area (Å²) in [6.07, 6.45) is 0. The molecule has 7 heteroatoms. The summed E-state index contributed by atoms with van der Waals surface area (Å²) in [5.41, 5.74) is 0.344. The zero-order valence-corrected chi connectivity index (χ0v) is 9.72. The SMILES string of the molecule is COc1ccccc1COC1=C(F)C(F)(F)C1(F)F. The van der Waals surface area contributed by atoms with E-state index in [1.54, 1.807) is 12.1 Å². The third kappa shape index (κ3) is 1.93. The molecule has 0 radical (unpaired) electrons. The van der Waals surface area contributed by atoms with Crippen molar-refractivity contribution in [2.45, 2.75) is 18.5 Å². The molecule has 2 nitrogen and oxygen atoms in total. The Morgan fingerprint density at radius 3 is 2.26 bits per heavy atom. The number of ether oxygens (including phenoxy) is 2. The van der Waals surface area contributed by atoms with Gasteiger partial charge in [-0.25, -0.2) is 4.39 Å². The predicted molar refractivity (Wildman–Crippen MR) is 55.8 cm³/mol. The van der Waals surface area contributed by atoms with E-state index in [-0.39, 0.29) is 0 Å². The molecule has 19 heavy (non-hydrogen) atoms. The van der Waals surface area contributed by atoms with Gasteiger partial charge in [0.2, 0.25) is 11.6 Å². The van der Waals surface area contributed by atoms with Crippen LogP contribution in [0.15, 0.2) is 35.9 Å². The van der Waals surface area contributed by atoms with Gasteiger partial charge in [-0.05, 0) is 6.07 Å². The van der Waals surface area contributed by atoms with E-state index in [0.29, 0.717) is 11.3 Å². The second-order valence-corrected chi connectivity index (χ2v) is 3.89. The van der Waals surface area contributed by atoms with Crippen LogP contribution in [0.2, 0.25) is 0 Å². The first kappa shape index (κ1) is 13.6. The van der Waals surface area contributed by atoms with Gasteiger partial charge in [0.05, 0.1) is 7.11 Å². The highest BCUT2D eigenvalue weighted by atomic mass is 19.3. The first-order chi connectivity index (χ1) is 8.82. The zero-order chi connectivity index (χ0) is 14.3. The van der Waals surface area contributed by atoms with Crippen LogP contribution in [0.3, 0.4) is 0 Å². The molecule has 2 rings (SSSR count). The van der Waals surface area contributed by atoms with E-state index < -0.39 is 30.0 Å². The summed E-state index contributed by atoms with van der Waals surface area (Å²) in [6.45, 7) is -0.488. The fourth-order valence-corrected chi connectivity index (χ4v) is 1.62. The maximum absolute atomic E-state index is 12.9. The summed E-state index contributed by atoms with van der Waals surface area (Å²) < 4.78 is 73.1. The average molecular weight is 280 g/mol. The van der Waals surface area contributed by atoms with Crippen molar-refractivity contribution in [3.63, 3.8) is 0 Å². The highest BCUT2D eigenvalue weighted by Gasteiger charge is 2.74. The van der Waals surface area contributed by atoms with Crippen LogP contribution in [0.1, 0.15) is 5.56 Å². The van der Waals surface area contributed by atoms with Crippen LogP contribution in [0, 0.1) is 0 Å². The van der Waals surface area contributed by atoms with Crippen molar-refractivity contribution >= 4 is 0 Å². The number of halogens is 5. The van der Waals surface area contributed by atoms with Crippen LogP contribution >= 0.6 is 0 Å². The maximum Gasteiger partial charge on any atom is 0.375 e. The fourth-order valence-electron chi connectivity index (χ4n) is 1.62. The molecule has 1 aromatic carbocycles. The summed E-state index contributed by atoms with van der Waals surface area (Å²) in [5, 5.41) is 0. The van der Waals surface area contributed by atoms with Gasteiger partial charge >= 0.3 is 11.8 Å². The fraction of sp³-hybridized carbons (Fsp3) is 0.333. The Morgan fingerprint density at radius 1 is 1.05 bits per heavy atom. The summed E-state index contributed by atoms with van der Waals surface area (Å²) in [6, 6.07) is 6.25. The van der Waals surface area contributed by atoms with E-state index in [0.717, 1.165) is 0 Å². The number of hydrogen-bond donors (Lipinski definition) is 0. The molecule has 0 amide bonds. The highest BCUT2D eigenvalue weighted by Crippen LogP contribution is 2.56. The highest BCUT2D eigenvalue weighted by molar-refractivity contribution is 5.37. The van der Waals surface area contributed by atoms with Gasteiger partial charge < -0.3 is 9.47 Å². The monoisotopic (exact) mass is 280 g/mol. The van der Waals surface area contributed by atoms with Crippen molar-refractivity contribution in [1.29, 1.82) is 0 Å². The van der Waals surface area contributed by atoms with Gasteiger partial charge in [-0.3, -0.25) is 0 Å². The summed E-state index contributed by atoms with van der Waals surface area (Å²) in [4.78, 5) is 0. The van der Waals surface area contributed by atoms with E-state index in [4.69, 9.17) is 4.74 Å². The smallest absolute Gasteiger partial charge is 0.375 e. The zero-order valence-electron chi connectivity index (χ0n) is 9.72. The van der Waals surface area contributed by atoms with Gasteiger partial charge in [0, 0.05) is 5.56 Å². The quantitative estimate of drug-likeness (QED) is 0.783. The van der Waals surface area contributed by atoms with E-state index in [9.17, 15) is 22.0 Å². The molecule has 0 spiro atoms. The van der Waals surface area contributed by atoms with Crippen molar-refractivity contribution < 1.29 is 31.4 Å². The first-order valence-corrected chi connectivity index (χ1v) is 5.23. The van der Waals surface area contributed by atoms with Crippen LogP contribution in [0.25, 0.3) is 0 Å². The molecule has 1 aromatic rings. The molecule has 1 aliphatic rings. The molecular formula is C12H9F5O2. The van der Waals surface area contributed by atoms with Crippen molar-refractivity contribution in [3.05, 3.63) is 41.4 Å². The number of hydrogen-bond acceptors (Lipinski definition) is 2. The van der Waals surface area contributed by atoms with Crippen molar-refractivity contribution in [2.75, 3.05) is 7.11 Å². The molecule has 0 heterocycles. The van der Waals surface area contributed by atoms with Gasteiger partial charge in [0.15, 0.2) is 0 Å². The Labute approximate surface area is 105 Å². The third-order valence-electron chi connectivity index (χ3n) is 2.72. The number of rotatable bonds is 4. The topological polar surface area (TPSA) is 18.5 Å². The molecule has 0 atom stereocenters. The van der Waals surface area contributed by atoms with Crippen LogP contribution in [-0.2, 0) is 11.3 Å². The lowest BCUT2D eigenvalue weighted by molar-refractivity contribution is -0.233. The Kier molecular flexibility index (Phi) is 3.15. The molecular weight excluding hydrogens is 271 g/mol. The summed E-state index contributed by atoms with van der Waals surface area (Å²) in [7, 11) is 1.35. The van der Waals surface area contributed by atoms with Gasteiger partial charge in [-0.15, -0.1) is 0 Å². The molecule has 104 valence electrons. The van der Waals surface area contributed by atoms with Crippen molar-refractivity contribution in [3.8, 4) is 5.75 Å². The molecule has 0 unspecified atom stereocenters. The number of benzene rings is 1.